The molecule has 1 aliphatic heterocycles. The maximum atomic E-state index is 6.84. The fraction of sp³-hybridized carbons (Fsp3) is 0.258. The van der Waals surface area contributed by atoms with E-state index in [0.717, 1.165) is 11.5 Å². The van der Waals surface area contributed by atoms with Gasteiger partial charge in [-0.3, -0.25) is 0 Å². The van der Waals surface area contributed by atoms with Crippen molar-refractivity contribution >= 4 is 32.3 Å². The number of aryl methyl sites for hydroxylation is 3. The fourth-order valence-corrected chi connectivity index (χ4v) is 6.55. The van der Waals surface area contributed by atoms with Crippen molar-refractivity contribution in [2.75, 3.05) is 0 Å². The normalized spacial score (nSPS) is 15.4. The van der Waals surface area contributed by atoms with Gasteiger partial charge in [-0.1, -0.05) is 55.3 Å². The predicted octanol–water partition coefficient (Wildman–Crippen LogP) is 8.02. The van der Waals surface area contributed by atoms with Crippen molar-refractivity contribution in [1.29, 1.82) is 0 Å². The quantitative estimate of drug-likeness (QED) is 0.190. The van der Waals surface area contributed by atoms with Crippen LogP contribution in [0.25, 0.3) is 43.6 Å². The van der Waals surface area contributed by atoms with Gasteiger partial charge in [0.1, 0.15) is 18.5 Å². The predicted molar refractivity (Wildman–Crippen MR) is 136 cm³/mol. The van der Waals surface area contributed by atoms with Gasteiger partial charge in [-0.05, 0) is 71.3 Å². The van der Waals surface area contributed by atoms with E-state index in [-0.39, 0.29) is 0 Å². The van der Waals surface area contributed by atoms with E-state index in [9.17, 15) is 0 Å². The van der Waals surface area contributed by atoms with Crippen molar-refractivity contribution in [2.24, 2.45) is 7.05 Å². The van der Waals surface area contributed by atoms with Crippen molar-refractivity contribution in [1.82, 2.24) is 0 Å². The summed E-state index contributed by atoms with van der Waals surface area (Å²) in [5.74, 6) is 2.68. The van der Waals surface area contributed by atoms with E-state index in [1.54, 1.807) is 0 Å². The third-order valence-electron chi connectivity index (χ3n) is 8.20. The standard InChI is InChI=1S/C31H28NO/c1-18-21-11-6-7-12-22(21)19(2)31-28(18)30-29-25(15-16-32(30)3)24-14-8-13-23(20-9-4-5-10-20)26(24)17-27(29)33-31/h6-8,11-17,20H,4-5,9-10H2,1-3H3/q+1. The number of pyridine rings is 1. The summed E-state index contributed by atoms with van der Waals surface area (Å²) in [6, 6.07) is 20.2. The molecule has 1 fully saturated rings. The van der Waals surface area contributed by atoms with Crippen molar-refractivity contribution in [3.05, 3.63) is 77.5 Å². The summed E-state index contributed by atoms with van der Waals surface area (Å²) < 4.78 is 9.12. The Kier molecular flexibility index (Phi) is 3.94. The zero-order valence-electron chi connectivity index (χ0n) is 19.5. The molecule has 0 bridgehead atoms. The Hall–Kier alpha value is -3.39. The molecule has 0 amide bonds. The molecule has 7 rings (SSSR count). The van der Waals surface area contributed by atoms with Gasteiger partial charge in [0.2, 0.25) is 5.69 Å². The van der Waals surface area contributed by atoms with Crippen LogP contribution in [0.5, 0.6) is 11.5 Å². The fourth-order valence-electron chi connectivity index (χ4n) is 6.55. The largest absolute Gasteiger partial charge is 0.455 e. The molecular formula is C31H28NO+. The van der Waals surface area contributed by atoms with Crippen molar-refractivity contribution < 1.29 is 9.30 Å². The van der Waals surface area contributed by atoms with Crippen molar-refractivity contribution in [2.45, 2.75) is 45.4 Å². The van der Waals surface area contributed by atoms with E-state index in [0.29, 0.717) is 5.92 Å². The van der Waals surface area contributed by atoms with Gasteiger partial charge in [-0.2, -0.15) is 0 Å². The smallest absolute Gasteiger partial charge is 0.228 e. The van der Waals surface area contributed by atoms with Crippen LogP contribution in [0.2, 0.25) is 0 Å². The van der Waals surface area contributed by atoms with E-state index in [4.69, 9.17) is 4.74 Å². The second-order valence-electron chi connectivity index (χ2n) is 9.96. The summed E-state index contributed by atoms with van der Waals surface area (Å²) in [6.45, 7) is 4.45. The molecule has 0 N–H and O–H groups in total. The summed E-state index contributed by atoms with van der Waals surface area (Å²) in [5.41, 5.74) is 6.51. The average molecular weight is 431 g/mol. The number of ether oxygens (including phenoxy) is 1. The second kappa shape index (κ2) is 6.81. The average Bonchev–Trinajstić information content (AvgIpc) is 3.38. The number of benzene rings is 4. The first kappa shape index (κ1) is 19.1. The Morgan fingerprint density at radius 3 is 2.30 bits per heavy atom. The van der Waals surface area contributed by atoms with Gasteiger partial charge in [-0.25, -0.2) is 4.57 Å². The summed E-state index contributed by atoms with van der Waals surface area (Å²) in [7, 11) is 2.16. The number of nitrogens with zero attached hydrogens (tertiary/aromatic N) is 1. The van der Waals surface area contributed by atoms with Crippen LogP contribution in [-0.2, 0) is 7.05 Å². The molecule has 2 heterocycles. The highest BCUT2D eigenvalue weighted by atomic mass is 16.5. The van der Waals surface area contributed by atoms with Crippen molar-refractivity contribution in [3.63, 3.8) is 0 Å². The van der Waals surface area contributed by atoms with Crippen LogP contribution in [0.1, 0.15) is 48.3 Å². The molecule has 162 valence electrons. The van der Waals surface area contributed by atoms with E-state index >= 15 is 0 Å². The minimum Gasteiger partial charge on any atom is -0.455 e. The first-order valence-electron chi connectivity index (χ1n) is 12.2. The summed E-state index contributed by atoms with van der Waals surface area (Å²) in [5, 5.41) is 7.83. The molecule has 1 aliphatic carbocycles. The highest BCUT2D eigenvalue weighted by molar-refractivity contribution is 6.16. The lowest BCUT2D eigenvalue weighted by atomic mass is 9.86. The molecule has 4 aromatic carbocycles. The van der Waals surface area contributed by atoms with Crippen LogP contribution in [0, 0.1) is 13.8 Å². The minimum absolute atomic E-state index is 0.668. The molecule has 5 aromatic rings. The number of aromatic nitrogens is 1. The highest BCUT2D eigenvalue weighted by Crippen LogP contribution is 2.52. The van der Waals surface area contributed by atoms with Crippen LogP contribution >= 0.6 is 0 Å². The Morgan fingerprint density at radius 1 is 0.788 bits per heavy atom. The Bertz CT molecular complexity index is 1620. The van der Waals surface area contributed by atoms with Crippen molar-refractivity contribution in [3.8, 4) is 22.8 Å². The van der Waals surface area contributed by atoms with Crippen LogP contribution in [0.15, 0.2) is 60.8 Å². The van der Waals surface area contributed by atoms with Gasteiger partial charge in [0, 0.05) is 17.0 Å². The van der Waals surface area contributed by atoms with Gasteiger partial charge in [0.05, 0.1) is 10.9 Å². The molecular weight excluding hydrogens is 402 g/mol. The molecule has 2 aliphatic rings. The lowest BCUT2D eigenvalue weighted by Gasteiger charge is -2.25. The van der Waals surface area contributed by atoms with E-state index in [1.165, 1.54) is 85.9 Å². The Balaban J connectivity index is 1.63. The van der Waals surface area contributed by atoms with Crippen LogP contribution < -0.4 is 9.30 Å². The van der Waals surface area contributed by atoms with Crippen LogP contribution in [-0.4, -0.2) is 0 Å². The topological polar surface area (TPSA) is 13.1 Å². The summed E-state index contributed by atoms with van der Waals surface area (Å²) in [6.07, 6.45) is 7.51. The minimum atomic E-state index is 0.668. The first-order valence-corrected chi connectivity index (χ1v) is 12.2. The lowest BCUT2D eigenvalue weighted by molar-refractivity contribution is -0.659. The molecule has 0 saturated heterocycles. The molecule has 0 atom stereocenters. The first-order chi connectivity index (χ1) is 16.1. The van der Waals surface area contributed by atoms with E-state index in [2.05, 4.69) is 86.3 Å². The SMILES string of the molecule is Cc1c2c(c(C)c3ccccc13)-c1c3c(cc4c(C5CCCC5)cccc4c3cc[n+]1C)O2. The van der Waals surface area contributed by atoms with Crippen LogP contribution in [0.4, 0.5) is 0 Å². The molecule has 33 heavy (non-hydrogen) atoms. The summed E-state index contributed by atoms with van der Waals surface area (Å²) in [4.78, 5) is 0. The zero-order chi connectivity index (χ0) is 22.3. The number of hydrogen-bond acceptors (Lipinski definition) is 1. The van der Waals surface area contributed by atoms with E-state index < -0.39 is 0 Å². The maximum Gasteiger partial charge on any atom is 0.228 e. The number of rotatable bonds is 1. The van der Waals surface area contributed by atoms with Gasteiger partial charge >= 0.3 is 0 Å². The molecule has 0 unspecified atom stereocenters. The molecule has 2 heteroatoms. The van der Waals surface area contributed by atoms with Gasteiger partial charge in [-0.15, -0.1) is 0 Å². The van der Waals surface area contributed by atoms with Gasteiger partial charge in [0.25, 0.3) is 0 Å². The van der Waals surface area contributed by atoms with Gasteiger partial charge in [0.15, 0.2) is 6.20 Å². The molecule has 0 spiro atoms. The molecule has 2 nitrogen and oxygen atoms in total. The zero-order valence-corrected chi connectivity index (χ0v) is 19.5. The Morgan fingerprint density at radius 2 is 1.52 bits per heavy atom. The van der Waals surface area contributed by atoms with Gasteiger partial charge < -0.3 is 4.74 Å². The second-order valence-corrected chi connectivity index (χ2v) is 9.96. The van der Waals surface area contributed by atoms with E-state index in [1.807, 2.05) is 0 Å². The Labute approximate surface area is 194 Å². The molecule has 1 saturated carbocycles. The maximum absolute atomic E-state index is 6.84. The summed E-state index contributed by atoms with van der Waals surface area (Å²) >= 11 is 0. The number of hydrogen-bond donors (Lipinski definition) is 0. The molecule has 0 radical (unpaired) electrons. The number of fused-ring (bicyclic) bond motifs is 5. The highest BCUT2D eigenvalue weighted by Gasteiger charge is 2.33. The third-order valence-corrected chi connectivity index (χ3v) is 8.20. The monoisotopic (exact) mass is 430 g/mol. The van der Waals surface area contributed by atoms with Crippen LogP contribution in [0.3, 0.4) is 0 Å². The third kappa shape index (κ3) is 2.52. The molecule has 1 aromatic heterocycles. The lowest BCUT2D eigenvalue weighted by Crippen LogP contribution is -2.32.